The van der Waals surface area contributed by atoms with E-state index in [9.17, 15) is 14.0 Å². The summed E-state index contributed by atoms with van der Waals surface area (Å²) < 4.78 is 21.5. The van der Waals surface area contributed by atoms with Gasteiger partial charge in [0, 0.05) is 49.5 Å². The fourth-order valence-electron chi connectivity index (χ4n) is 6.17. The van der Waals surface area contributed by atoms with Crippen molar-refractivity contribution in [1.82, 2.24) is 19.8 Å². The van der Waals surface area contributed by atoms with Crippen molar-refractivity contribution >= 4 is 34.5 Å². The van der Waals surface area contributed by atoms with Crippen LogP contribution in [0, 0.1) is 18.2 Å². The number of aromatic nitrogens is 2. The normalized spacial score (nSPS) is 13.7. The summed E-state index contributed by atoms with van der Waals surface area (Å²) in [5.74, 6) is 0.746. The zero-order valence-corrected chi connectivity index (χ0v) is 27.2. The summed E-state index contributed by atoms with van der Waals surface area (Å²) >= 11 is 0. The molecule has 1 atom stereocenters. The predicted octanol–water partition coefficient (Wildman–Crippen LogP) is 5.20. The third kappa shape index (κ3) is 7.48. The van der Waals surface area contributed by atoms with Gasteiger partial charge >= 0.3 is 0 Å². The van der Waals surface area contributed by atoms with E-state index in [-0.39, 0.29) is 17.7 Å². The highest BCUT2D eigenvalue weighted by Gasteiger charge is 2.27. The van der Waals surface area contributed by atoms with Crippen LogP contribution in [0.4, 0.5) is 10.1 Å². The molecule has 4 aromatic carbocycles. The molecule has 0 unspecified atom stereocenters. The molecule has 12 heteroatoms. The summed E-state index contributed by atoms with van der Waals surface area (Å²) in [6, 6.07) is 26.1. The Kier molecular flexibility index (Phi) is 9.74. The fourth-order valence-corrected chi connectivity index (χ4v) is 6.17. The highest BCUT2D eigenvalue weighted by atomic mass is 19.1. The molecule has 0 radical (unpaired) electrons. The molecule has 0 saturated carbocycles. The molecule has 49 heavy (non-hydrogen) atoms. The van der Waals surface area contributed by atoms with Gasteiger partial charge in [0.2, 0.25) is 5.91 Å². The number of fused-ring (bicyclic) bond motifs is 1. The number of primary amides is 1. The molecule has 1 aliphatic heterocycles. The van der Waals surface area contributed by atoms with E-state index in [1.807, 2.05) is 66.1 Å². The number of nitrogens with one attached hydrogen (secondary N) is 2. The van der Waals surface area contributed by atoms with E-state index in [1.165, 1.54) is 12.1 Å². The zero-order chi connectivity index (χ0) is 34.5. The van der Waals surface area contributed by atoms with Gasteiger partial charge in [0.25, 0.3) is 5.91 Å². The molecule has 1 aromatic heterocycles. The summed E-state index contributed by atoms with van der Waals surface area (Å²) in [6.45, 7) is 4.64. The maximum atomic E-state index is 13.7. The minimum Gasteiger partial charge on any atom is -0.457 e. The van der Waals surface area contributed by atoms with Gasteiger partial charge in [-0.3, -0.25) is 15.0 Å². The molecule has 1 saturated heterocycles. The molecule has 1 aliphatic rings. The van der Waals surface area contributed by atoms with Crippen LogP contribution >= 0.6 is 0 Å². The van der Waals surface area contributed by atoms with Crippen LogP contribution in [0.3, 0.4) is 0 Å². The Hall–Kier alpha value is -5.91. The number of carbonyl (C=O) groups excluding carboxylic acids is 2. The summed E-state index contributed by atoms with van der Waals surface area (Å²) in [6.07, 6.45) is 0.885. The van der Waals surface area contributed by atoms with Gasteiger partial charge in [-0.25, -0.2) is 9.37 Å². The lowest BCUT2D eigenvalue weighted by Gasteiger charge is -2.36. The number of carbonyl (C=O) groups is 2. The quantitative estimate of drug-likeness (QED) is 0.0861. The van der Waals surface area contributed by atoms with Crippen molar-refractivity contribution in [2.45, 2.75) is 25.8 Å². The predicted molar refractivity (Wildman–Crippen MR) is 188 cm³/mol. The van der Waals surface area contributed by atoms with E-state index < -0.39 is 11.9 Å². The van der Waals surface area contributed by atoms with Crippen LogP contribution in [0.2, 0.25) is 0 Å². The molecule has 2 amide bonds. The first-order chi connectivity index (χ1) is 23.7. The molecule has 11 nitrogen and oxygen atoms in total. The molecule has 1 fully saturated rings. The van der Waals surface area contributed by atoms with Gasteiger partial charge in [0.1, 0.15) is 29.2 Å². The second-order valence-corrected chi connectivity index (χ2v) is 12.1. The second-order valence-electron chi connectivity index (χ2n) is 12.1. The lowest BCUT2D eigenvalue weighted by atomic mass is 10.1. The molecule has 0 aliphatic carbocycles. The number of aryl methyl sites for hydroxylation is 1. The number of imidazole rings is 1. The molecular formula is C37H39FN8O3. The van der Waals surface area contributed by atoms with Crippen molar-refractivity contribution in [2.24, 2.45) is 11.5 Å². The number of nitrogens with two attached hydrogens (primary N) is 2. The number of hydrogen-bond acceptors (Lipinski definition) is 6. The Morgan fingerprint density at radius 3 is 2.43 bits per heavy atom. The van der Waals surface area contributed by atoms with E-state index >= 15 is 0 Å². The largest absolute Gasteiger partial charge is 0.457 e. The molecule has 0 bridgehead atoms. The van der Waals surface area contributed by atoms with Crippen LogP contribution in [-0.2, 0) is 4.79 Å². The van der Waals surface area contributed by atoms with E-state index in [2.05, 4.69) is 10.2 Å². The minimum atomic E-state index is -0.768. The van der Waals surface area contributed by atoms with Gasteiger partial charge in [0.05, 0.1) is 11.0 Å². The van der Waals surface area contributed by atoms with Crippen LogP contribution in [-0.4, -0.2) is 64.9 Å². The van der Waals surface area contributed by atoms with E-state index in [1.54, 1.807) is 29.2 Å². The number of halogens is 1. The molecule has 252 valence electrons. The SMILES string of the molecule is Cc1ccccc1Oc1cccc(-c2nc3cc(C(=O)N4CCN(c5ccc(F)cc5)CC4)ccc3n2[C@@H](CCCNC(=N)N)C(N)=O)c1. The topological polar surface area (TPSA) is 156 Å². The fraction of sp³-hybridized carbons (Fsp3) is 0.243. The molecule has 5 aromatic rings. The van der Waals surface area contributed by atoms with Gasteiger partial charge in [-0.2, -0.15) is 0 Å². The van der Waals surface area contributed by atoms with Crippen LogP contribution < -0.4 is 26.4 Å². The molecule has 6 rings (SSSR count). The number of rotatable bonds is 11. The maximum Gasteiger partial charge on any atom is 0.254 e. The number of ether oxygens (including phenoxy) is 1. The first-order valence-electron chi connectivity index (χ1n) is 16.2. The maximum absolute atomic E-state index is 13.7. The summed E-state index contributed by atoms with van der Waals surface area (Å²) in [7, 11) is 0. The van der Waals surface area contributed by atoms with Gasteiger partial charge in [-0.1, -0.05) is 30.3 Å². The number of benzene rings is 4. The van der Waals surface area contributed by atoms with Crippen molar-refractivity contribution in [2.75, 3.05) is 37.6 Å². The van der Waals surface area contributed by atoms with Crippen LogP contribution in [0.1, 0.15) is 34.8 Å². The van der Waals surface area contributed by atoms with Crippen LogP contribution in [0.15, 0.2) is 91.0 Å². The molecule has 6 N–H and O–H groups in total. The lowest BCUT2D eigenvalue weighted by molar-refractivity contribution is -0.121. The first kappa shape index (κ1) is 33.0. The number of hydrogen-bond donors (Lipinski definition) is 4. The monoisotopic (exact) mass is 662 g/mol. The highest BCUT2D eigenvalue weighted by Crippen LogP contribution is 2.34. The second kappa shape index (κ2) is 14.5. The van der Waals surface area contributed by atoms with Gasteiger partial charge < -0.3 is 35.9 Å². The van der Waals surface area contributed by atoms with Gasteiger partial charge in [0.15, 0.2) is 5.96 Å². The number of piperazine rings is 1. The Morgan fingerprint density at radius 1 is 0.959 bits per heavy atom. The molecule has 0 spiro atoms. The summed E-state index contributed by atoms with van der Waals surface area (Å²) in [5, 5.41) is 10.2. The van der Waals surface area contributed by atoms with Crippen molar-refractivity contribution in [3.8, 4) is 22.9 Å². The third-order valence-electron chi connectivity index (χ3n) is 8.72. The van der Waals surface area contributed by atoms with Crippen molar-refractivity contribution < 1.29 is 18.7 Å². The average molecular weight is 663 g/mol. The van der Waals surface area contributed by atoms with E-state index in [0.717, 1.165) is 17.0 Å². The number of guanidine groups is 1. The Labute approximate surface area is 283 Å². The lowest BCUT2D eigenvalue weighted by Crippen LogP contribution is -2.48. The van der Waals surface area contributed by atoms with Crippen molar-refractivity contribution in [3.63, 3.8) is 0 Å². The number of nitrogens with zero attached hydrogens (tertiary/aromatic N) is 4. The van der Waals surface area contributed by atoms with Crippen LogP contribution in [0.5, 0.6) is 11.5 Å². The third-order valence-corrected chi connectivity index (χ3v) is 8.72. The van der Waals surface area contributed by atoms with E-state index in [0.29, 0.717) is 79.3 Å². The molecule has 2 heterocycles. The standard InChI is InChI=1S/C37H39FN8O3/c1-24-6-2-3-10-33(24)49-29-8-4-7-25(22-29)35-43-30-23-26(11-16-31(30)46(35)32(34(39)47)9-5-17-42-37(40)41)36(48)45-20-18-44(19-21-45)28-14-12-27(38)13-15-28/h2-4,6-8,10-16,22-23,32H,5,9,17-21H2,1H3,(H2,39,47)(H4,40,41,42)/t32-/m0/s1. The Bertz CT molecular complexity index is 1990. The molecular weight excluding hydrogens is 623 g/mol. The highest BCUT2D eigenvalue weighted by molar-refractivity contribution is 5.98. The van der Waals surface area contributed by atoms with Crippen molar-refractivity contribution in [3.05, 3.63) is 108 Å². The number of anilines is 1. The van der Waals surface area contributed by atoms with Crippen LogP contribution in [0.25, 0.3) is 22.4 Å². The number of amides is 2. The zero-order valence-electron chi connectivity index (χ0n) is 27.2. The first-order valence-corrected chi connectivity index (χ1v) is 16.2. The van der Waals surface area contributed by atoms with Gasteiger partial charge in [-0.05, 0) is 86.0 Å². The van der Waals surface area contributed by atoms with Gasteiger partial charge in [-0.15, -0.1) is 0 Å². The minimum absolute atomic E-state index is 0.118. The summed E-state index contributed by atoms with van der Waals surface area (Å²) in [5.41, 5.74) is 15.8. The van der Waals surface area contributed by atoms with Crippen molar-refractivity contribution in [1.29, 1.82) is 5.41 Å². The number of para-hydroxylation sites is 1. The summed E-state index contributed by atoms with van der Waals surface area (Å²) in [4.78, 5) is 35.6. The smallest absolute Gasteiger partial charge is 0.254 e. The Balaban J connectivity index is 1.32. The average Bonchev–Trinajstić information content (AvgIpc) is 3.48. The Morgan fingerprint density at radius 2 is 1.71 bits per heavy atom. The van der Waals surface area contributed by atoms with E-state index in [4.69, 9.17) is 26.6 Å².